The molecule has 0 spiro atoms. The van der Waals surface area contributed by atoms with Gasteiger partial charge < -0.3 is 16.2 Å². The van der Waals surface area contributed by atoms with Gasteiger partial charge in [0.1, 0.15) is 11.6 Å². The van der Waals surface area contributed by atoms with Crippen LogP contribution in [-0.4, -0.2) is 5.11 Å². The third-order valence-electron chi connectivity index (χ3n) is 2.43. The van der Waals surface area contributed by atoms with Gasteiger partial charge in [-0.2, -0.15) is 0 Å². The molecule has 3 nitrogen and oxygen atoms in total. The molecule has 2 aromatic carbocycles. The third-order valence-corrected chi connectivity index (χ3v) is 2.43. The molecule has 0 aliphatic heterocycles. The van der Waals surface area contributed by atoms with Gasteiger partial charge in [-0.3, -0.25) is 0 Å². The van der Waals surface area contributed by atoms with Gasteiger partial charge in [-0.05, 0) is 42.5 Å². The Balaban J connectivity index is 2.07. The summed E-state index contributed by atoms with van der Waals surface area (Å²) in [6.07, 6.45) is 0. The zero-order valence-corrected chi connectivity index (χ0v) is 9.15. The smallest absolute Gasteiger partial charge is 0.123 e. The number of benzene rings is 2. The van der Waals surface area contributed by atoms with Gasteiger partial charge in [0.25, 0.3) is 0 Å². The van der Waals surface area contributed by atoms with E-state index in [1.165, 1.54) is 12.1 Å². The molecule has 0 bridgehead atoms. The molecule has 2 rings (SSSR count). The molecule has 0 heterocycles. The van der Waals surface area contributed by atoms with Crippen molar-refractivity contribution in [2.75, 3.05) is 11.1 Å². The molecule has 0 saturated heterocycles. The molecule has 0 unspecified atom stereocenters. The van der Waals surface area contributed by atoms with E-state index in [-0.39, 0.29) is 11.6 Å². The molecule has 2 aromatic rings. The van der Waals surface area contributed by atoms with Crippen LogP contribution in [0, 0.1) is 5.82 Å². The topological polar surface area (TPSA) is 58.3 Å². The van der Waals surface area contributed by atoms with E-state index in [9.17, 15) is 9.50 Å². The minimum atomic E-state index is -0.276. The Morgan fingerprint density at radius 2 is 1.82 bits per heavy atom. The fourth-order valence-corrected chi connectivity index (χ4v) is 1.51. The summed E-state index contributed by atoms with van der Waals surface area (Å²) >= 11 is 0. The summed E-state index contributed by atoms with van der Waals surface area (Å²) < 4.78 is 12.7. The average molecular weight is 232 g/mol. The number of rotatable bonds is 3. The summed E-state index contributed by atoms with van der Waals surface area (Å²) in [5.74, 6) is -0.0869. The number of aromatic hydroxyl groups is 1. The largest absolute Gasteiger partial charge is 0.508 e. The number of hydrogen-bond donors (Lipinski definition) is 3. The van der Waals surface area contributed by atoms with Gasteiger partial charge >= 0.3 is 0 Å². The summed E-state index contributed by atoms with van der Waals surface area (Å²) in [4.78, 5) is 0. The van der Waals surface area contributed by atoms with Gasteiger partial charge in [-0.25, -0.2) is 4.39 Å². The second-order valence-electron chi connectivity index (χ2n) is 3.75. The Morgan fingerprint density at radius 1 is 1.12 bits per heavy atom. The fourth-order valence-electron chi connectivity index (χ4n) is 1.51. The van der Waals surface area contributed by atoms with E-state index in [0.717, 1.165) is 5.69 Å². The number of nitrogens with two attached hydrogens (primary N) is 1. The van der Waals surface area contributed by atoms with E-state index < -0.39 is 0 Å². The molecule has 0 amide bonds. The summed E-state index contributed by atoms with van der Waals surface area (Å²) in [5.41, 5.74) is 7.71. The van der Waals surface area contributed by atoms with Gasteiger partial charge in [-0.1, -0.05) is 0 Å². The first-order valence-corrected chi connectivity index (χ1v) is 5.22. The SMILES string of the molecule is Nc1ccc(O)c(CNc2ccc(F)cc2)c1. The van der Waals surface area contributed by atoms with Crippen LogP contribution in [0.15, 0.2) is 42.5 Å². The number of hydrogen-bond acceptors (Lipinski definition) is 3. The van der Waals surface area contributed by atoms with Crippen molar-refractivity contribution in [3.05, 3.63) is 53.8 Å². The molecular formula is C13H13FN2O. The Bertz CT molecular complexity index is 511. The molecule has 0 aliphatic rings. The number of phenolic OH excluding ortho intramolecular Hbond substituents is 1. The van der Waals surface area contributed by atoms with Crippen molar-refractivity contribution < 1.29 is 9.50 Å². The minimum Gasteiger partial charge on any atom is -0.508 e. The molecule has 0 atom stereocenters. The highest BCUT2D eigenvalue weighted by molar-refractivity contribution is 5.50. The van der Waals surface area contributed by atoms with Crippen molar-refractivity contribution >= 4 is 11.4 Å². The van der Waals surface area contributed by atoms with Crippen LogP contribution in [0.4, 0.5) is 15.8 Å². The van der Waals surface area contributed by atoms with Crippen LogP contribution in [0.2, 0.25) is 0 Å². The number of nitrogen functional groups attached to an aromatic ring is 1. The maximum Gasteiger partial charge on any atom is 0.123 e. The molecule has 4 N–H and O–H groups in total. The van der Waals surface area contributed by atoms with E-state index in [0.29, 0.717) is 17.8 Å². The number of halogens is 1. The van der Waals surface area contributed by atoms with Gasteiger partial charge in [0.2, 0.25) is 0 Å². The van der Waals surface area contributed by atoms with Gasteiger partial charge in [0.05, 0.1) is 0 Å². The Kier molecular flexibility index (Phi) is 3.14. The monoisotopic (exact) mass is 232 g/mol. The van der Waals surface area contributed by atoms with E-state index >= 15 is 0 Å². The molecule has 0 radical (unpaired) electrons. The normalized spacial score (nSPS) is 10.2. The highest BCUT2D eigenvalue weighted by Gasteiger charge is 2.01. The molecule has 17 heavy (non-hydrogen) atoms. The van der Waals surface area contributed by atoms with Crippen LogP contribution in [0.5, 0.6) is 5.75 Å². The lowest BCUT2D eigenvalue weighted by Gasteiger charge is -2.08. The lowest BCUT2D eigenvalue weighted by Crippen LogP contribution is -2.00. The zero-order valence-electron chi connectivity index (χ0n) is 9.15. The molecule has 88 valence electrons. The predicted molar refractivity (Wildman–Crippen MR) is 66.2 cm³/mol. The Labute approximate surface area is 98.7 Å². The maximum atomic E-state index is 12.7. The molecular weight excluding hydrogens is 219 g/mol. The minimum absolute atomic E-state index is 0.189. The summed E-state index contributed by atoms with van der Waals surface area (Å²) in [7, 11) is 0. The Hall–Kier alpha value is -2.23. The standard InChI is InChI=1S/C13H13FN2O/c14-10-1-4-12(5-2-10)16-8-9-7-11(15)3-6-13(9)17/h1-7,16-17H,8,15H2. The first-order valence-electron chi connectivity index (χ1n) is 5.22. The van der Waals surface area contributed by atoms with Crippen LogP contribution in [0.1, 0.15) is 5.56 Å². The van der Waals surface area contributed by atoms with Crippen molar-refractivity contribution in [1.82, 2.24) is 0 Å². The summed E-state index contributed by atoms with van der Waals surface area (Å²) in [6, 6.07) is 10.9. The number of phenols is 1. The first kappa shape index (κ1) is 11.3. The molecule has 0 aromatic heterocycles. The lowest BCUT2D eigenvalue weighted by molar-refractivity contribution is 0.469. The molecule has 0 saturated carbocycles. The zero-order chi connectivity index (χ0) is 12.3. The Morgan fingerprint density at radius 3 is 2.53 bits per heavy atom. The van der Waals surface area contributed by atoms with Crippen molar-refractivity contribution in [3.63, 3.8) is 0 Å². The highest BCUT2D eigenvalue weighted by atomic mass is 19.1. The van der Waals surface area contributed by atoms with Gasteiger partial charge in [0, 0.05) is 23.5 Å². The average Bonchev–Trinajstić information content (AvgIpc) is 2.32. The van der Waals surface area contributed by atoms with Crippen LogP contribution in [0.25, 0.3) is 0 Å². The molecule has 0 fully saturated rings. The quantitative estimate of drug-likeness (QED) is 0.563. The summed E-state index contributed by atoms with van der Waals surface area (Å²) in [6.45, 7) is 0.433. The van der Waals surface area contributed by atoms with Gasteiger partial charge in [-0.15, -0.1) is 0 Å². The van der Waals surface area contributed by atoms with E-state index in [4.69, 9.17) is 5.73 Å². The fraction of sp³-hybridized carbons (Fsp3) is 0.0769. The lowest BCUT2D eigenvalue weighted by atomic mass is 10.1. The highest BCUT2D eigenvalue weighted by Crippen LogP contribution is 2.21. The first-order chi connectivity index (χ1) is 8.15. The molecule has 0 aliphatic carbocycles. The second kappa shape index (κ2) is 4.74. The number of nitrogens with one attached hydrogen (secondary N) is 1. The maximum absolute atomic E-state index is 12.7. The predicted octanol–water partition coefficient (Wildman–Crippen LogP) is 2.73. The van der Waals surface area contributed by atoms with Crippen LogP contribution < -0.4 is 11.1 Å². The third kappa shape index (κ3) is 2.87. The van der Waals surface area contributed by atoms with E-state index in [1.54, 1.807) is 30.3 Å². The summed E-state index contributed by atoms with van der Waals surface area (Å²) in [5, 5.41) is 12.7. The van der Waals surface area contributed by atoms with Crippen molar-refractivity contribution in [1.29, 1.82) is 0 Å². The van der Waals surface area contributed by atoms with Crippen LogP contribution >= 0.6 is 0 Å². The van der Waals surface area contributed by atoms with Crippen molar-refractivity contribution in [3.8, 4) is 5.75 Å². The van der Waals surface area contributed by atoms with Crippen LogP contribution in [0.3, 0.4) is 0 Å². The molecule has 4 heteroatoms. The second-order valence-corrected chi connectivity index (χ2v) is 3.75. The van der Waals surface area contributed by atoms with Gasteiger partial charge in [0.15, 0.2) is 0 Å². The van der Waals surface area contributed by atoms with Crippen LogP contribution in [-0.2, 0) is 6.54 Å². The van der Waals surface area contributed by atoms with E-state index in [2.05, 4.69) is 5.32 Å². The van der Waals surface area contributed by atoms with Crippen molar-refractivity contribution in [2.45, 2.75) is 6.54 Å². The van der Waals surface area contributed by atoms with E-state index in [1.807, 2.05) is 0 Å². The number of anilines is 2. The van der Waals surface area contributed by atoms with Crippen molar-refractivity contribution in [2.24, 2.45) is 0 Å².